The summed E-state index contributed by atoms with van der Waals surface area (Å²) in [5.41, 5.74) is 9.24. The number of pyridine rings is 1. The van der Waals surface area contributed by atoms with E-state index < -0.39 is 0 Å². The standard InChI is InChI=1S/C34H38ClN5S/c1-5-25-10-6-7-12-30(25)39-23(3)20-27(24(39)4)33-32(29-11-8-9-17-36-29)37-34(41)40(33)26-13-14-31(28(35)21-26)38-18-15-22(2)16-19-38/h6-14,17,20-22,32-33H,5,15-16,18-19H2,1-4H3,(H,37,41)/t32-,33+/m0/s1. The first-order chi connectivity index (χ1) is 19.9. The molecular weight excluding hydrogens is 546 g/mol. The molecule has 1 N–H and O–H groups in total. The van der Waals surface area contributed by atoms with Gasteiger partial charge in [0.2, 0.25) is 0 Å². The third-order valence-electron chi connectivity index (χ3n) is 8.83. The second-order valence-electron chi connectivity index (χ2n) is 11.4. The van der Waals surface area contributed by atoms with Gasteiger partial charge in [0.1, 0.15) is 0 Å². The zero-order chi connectivity index (χ0) is 28.7. The molecule has 4 heterocycles. The fraction of sp³-hybridized carbons (Fsp3) is 0.353. The van der Waals surface area contributed by atoms with Crippen molar-refractivity contribution in [3.8, 4) is 5.69 Å². The minimum Gasteiger partial charge on any atom is -0.370 e. The van der Waals surface area contributed by atoms with Gasteiger partial charge in [0, 0.05) is 42.0 Å². The number of halogens is 1. The van der Waals surface area contributed by atoms with Gasteiger partial charge in [-0.2, -0.15) is 0 Å². The first-order valence-electron chi connectivity index (χ1n) is 14.7. The largest absolute Gasteiger partial charge is 0.370 e. The van der Waals surface area contributed by atoms with E-state index in [-0.39, 0.29) is 12.1 Å². The Hall–Kier alpha value is -3.35. The molecular formula is C34H38ClN5S. The summed E-state index contributed by atoms with van der Waals surface area (Å²) in [6, 6.07) is 23.3. The molecule has 2 aromatic heterocycles. The molecule has 0 unspecified atom stereocenters. The van der Waals surface area contributed by atoms with E-state index in [2.05, 4.69) is 102 Å². The molecule has 7 heteroatoms. The molecule has 6 rings (SSSR count). The average molecular weight is 584 g/mol. The zero-order valence-corrected chi connectivity index (χ0v) is 25.8. The van der Waals surface area contributed by atoms with Gasteiger partial charge in [-0.1, -0.05) is 49.7 Å². The minimum atomic E-state index is -0.110. The van der Waals surface area contributed by atoms with Crippen molar-refractivity contribution >= 4 is 40.3 Å². The number of hydrogen-bond acceptors (Lipinski definition) is 3. The lowest BCUT2D eigenvalue weighted by Gasteiger charge is -2.33. The van der Waals surface area contributed by atoms with Gasteiger partial charge in [-0.15, -0.1) is 0 Å². The SMILES string of the molecule is CCc1ccccc1-n1c(C)cc([C@@H]2[C@H](c3ccccn3)NC(=S)N2c2ccc(N3CCC(C)CC3)c(Cl)c2)c1C. The highest BCUT2D eigenvalue weighted by Gasteiger charge is 2.42. The molecule has 2 aliphatic rings. The van der Waals surface area contributed by atoms with Gasteiger partial charge in [-0.25, -0.2) is 0 Å². The van der Waals surface area contributed by atoms with Crippen LogP contribution < -0.4 is 15.1 Å². The fourth-order valence-corrected chi connectivity index (χ4v) is 7.23. The number of hydrogen-bond donors (Lipinski definition) is 1. The second-order valence-corrected chi connectivity index (χ2v) is 12.2. The summed E-state index contributed by atoms with van der Waals surface area (Å²) in [7, 11) is 0. The number of anilines is 2. The van der Waals surface area contributed by atoms with E-state index in [1.54, 1.807) is 0 Å². The van der Waals surface area contributed by atoms with Crippen molar-refractivity contribution in [1.82, 2.24) is 14.9 Å². The van der Waals surface area contributed by atoms with Crippen LogP contribution in [0.4, 0.5) is 11.4 Å². The molecule has 0 radical (unpaired) electrons. The second kappa shape index (κ2) is 11.5. The van der Waals surface area contributed by atoms with Gasteiger partial charge in [0.25, 0.3) is 0 Å². The molecule has 0 saturated carbocycles. The molecule has 5 nitrogen and oxygen atoms in total. The van der Waals surface area contributed by atoms with Crippen molar-refractivity contribution in [2.24, 2.45) is 5.92 Å². The van der Waals surface area contributed by atoms with Crippen LogP contribution in [-0.4, -0.2) is 27.8 Å². The Morgan fingerprint density at radius 3 is 2.44 bits per heavy atom. The Balaban J connectivity index is 1.45. The molecule has 4 aromatic rings. The average Bonchev–Trinajstić information content (AvgIpc) is 3.48. The highest BCUT2D eigenvalue weighted by atomic mass is 35.5. The molecule has 2 aromatic carbocycles. The van der Waals surface area contributed by atoms with Crippen LogP contribution in [0.15, 0.2) is 72.9 Å². The maximum atomic E-state index is 7.00. The number of para-hydroxylation sites is 1. The van der Waals surface area contributed by atoms with Crippen molar-refractivity contribution in [3.63, 3.8) is 0 Å². The maximum absolute atomic E-state index is 7.00. The quantitative estimate of drug-likeness (QED) is 0.232. The van der Waals surface area contributed by atoms with Gasteiger partial charge in [0.05, 0.1) is 28.5 Å². The lowest BCUT2D eigenvalue weighted by molar-refractivity contribution is 0.438. The van der Waals surface area contributed by atoms with Crippen LogP contribution >= 0.6 is 23.8 Å². The molecule has 0 aliphatic carbocycles. The van der Waals surface area contributed by atoms with Crippen LogP contribution in [0.2, 0.25) is 5.02 Å². The van der Waals surface area contributed by atoms with E-state index in [9.17, 15) is 0 Å². The molecule has 212 valence electrons. The molecule has 0 amide bonds. The van der Waals surface area contributed by atoms with E-state index in [0.717, 1.165) is 47.5 Å². The molecule has 2 atom stereocenters. The van der Waals surface area contributed by atoms with Gasteiger partial charge in [-0.05, 0) is 105 Å². The van der Waals surface area contributed by atoms with Crippen molar-refractivity contribution in [1.29, 1.82) is 0 Å². The van der Waals surface area contributed by atoms with E-state index in [4.69, 9.17) is 28.8 Å². The van der Waals surface area contributed by atoms with Gasteiger partial charge < -0.3 is 19.7 Å². The van der Waals surface area contributed by atoms with Crippen molar-refractivity contribution in [3.05, 3.63) is 106 Å². The number of aryl methyl sites for hydroxylation is 2. The highest BCUT2D eigenvalue weighted by molar-refractivity contribution is 7.80. The molecule has 2 saturated heterocycles. The number of aromatic nitrogens is 2. The number of nitrogens with one attached hydrogen (secondary N) is 1. The van der Waals surface area contributed by atoms with Crippen LogP contribution in [0.25, 0.3) is 5.69 Å². The third-order valence-corrected chi connectivity index (χ3v) is 9.45. The Kier molecular flexibility index (Phi) is 7.80. The fourth-order valence-electron chi connectivity index (χ4n) is 6.59. The molecule has 41 heavy (non-hydrogen) atoms. The summed E-state index contributed by atoms with van der Waals surface area (Å²) < 4.78 is 2.39. The molecule has 0 bridgehead atoms. The zero-order valence-electron chi connectivity index (χ0n) is 24.3. The summed E-state index contributed by atoms with van der Waals surface area (Å²) in [4.78, 5) is 9.41. The van der Waals surface area contributed by atoms with Crippen molar-refractivity contribution in [2.45, 2.75) is 59.0 Å². The minimum absolute atomic E-state index is 0.0936. The van der Waals surface area contributed by atoms with Crippen molar-refractivity contribution < 1.29 is 0 Å². The summed E-state index contributed by atoms with van der Waals surface area (Å²) in [6.45, 7) is 11.0. The summed E-state index contributed by atoms with van der Waals surface area (Å²) in [6.07, 6.45) is 5.22. The Bertz CT molecular complexity index is 1560. The Morgan fingerprint density at radius 1 is 0.976 bits per heavy atom. The number of nitrogens with zero attached hydrogens (tertiary/aromatic N) is 4. The molecule has 2 aliphatic heterocycles. The predicted octanol–water partition coefficient (Wildman–Crippen LogP) is 8.12. The van der Waals surface area contributed by atoms with Gasteiger partial charge in [-0.3, -0.25) is 4.98 Å². The maximum Gasteiger partial charge on any atom is 0.174 e. The summed E-state index contributed by atoms with van der Waals surface area (Å²) in [5, 5.41) is 5.07. The highest BCUT2D eigenvalue weighted by Crippen LogP contribution is 2.45. The lowest BCUT2D eigenvalue weighted by atomic mass is 9.96. The number of rotatable bonds is 6. The van der Waals surface area contributed by atoms with Crippen LogP contribution in [-0.2, 0) is 6.42 Å². The number of benzene rings is 2. The predicted molar refractivity (Wildman–Crippen MR) is 175 cm³/mol. The van der Waals surface area contributed by atoms with Crippen molar-refractivity contribution in [2.75, 3.05) is 22.9 Å². The monoisotopic (exact) mass is 583 g/mol. The van der Waals surface area contributed by atoms with Crippen LogP contribution in [0.3, 0.4) is 0 Å². The van der Waals surface area contributed by atoms with Gasteiger partial charge >= 0.3 is 0 Å². The third kappa shape index (κ3) is 5.13. The van der Waals surface area contributed by atoms with Crippen LogP contribution in [0, 0.1) is 19.8 Å². The Morgan fingerprint density at radius 2 is 1.73 bits per heavy atom. The molecule has 0 spiro atoms. The smallest absolute Gasteiger partial charge is 0.174 e. The lowest BCUT2D eigenvalue weighted by Crippen LogP contribution is -2.33. The van der Waals surface area contributed by atoms with E-state index in [1.165, 1.54) is 41.0 Å². The van der Waals surface area contributed by atoms with E-state index >= 15 is 0 Å². The van der Waals surface area contributed by atoms with Gasteiger partial charge in [0.15, 0.2) is 5.11 Å². The summed E-state index contributed by atoms with van der Waals surface area (Å²) >= 11 is 13.0. The summed E-state index contributed by atoms with van der Waals surface area (Å²) in [5.74, 6) is 0.768. The topological polar surface area (TPSA) is 36.3 Å². The number of thiocarbonyl (C=S) groups is 1. The van der Waals surface area contributed by atoms with Crippen LogP contribution in [0.1, 0.15) is 67.0 Å². The molecule has 2 fully saturated rings. The first kappa shape index (κ1) is 27.8. The first-order valence-corrected chi connectivity index (χ1v) is 15.5. The van der Waals surface area contributed by atoms with Crippen LogP contribution in [0.5, 0.6) is 0 Å². The normalized spacial score (nSPS) is 19.6. The number of piperidine rings is 1. The van der Waals surface area contributed by atoms with E-state index in [1.807, 2.05) is 18.3 Å². The van der Waals surface area contributed by atoms with E-state index in [0.29, 0.717) is 5.11 Å². The Labute approximate surface area is 254 Å².